The monoisotopic (exact) mass is 262 g/mol. The number of non-ortho nitro benzene ring substituents is 1. The van der Waals surface area contributed by atoms with Gasteiger partial charge in [0, 0.05) is 30.4 Å². The lowest BCUT2D eigenvalue weighted by molar-refractivity contribution is -0.384. The molecule has 0 aromatic heterocycles. The van der Waals surface area contributed by atoms with Crippen molar-refractivity contribution in [1.82, 2.24) is 0 Å². The summed E-state index contributed by atoms with van der Waals surface area (Å²) < 4.78 is 0. The molecule has 2 aliphatic heterocycles. The molecule has 6 nitrogen and oxygen atoms in total. The molecule has 0 radical (unpaired) electrons. The summed E-state index contributed by atoms with van der Waals surface area (Å²) in [6.07, 6.45) is 2.24. The number of hydrogen-bond donors (Lipinski definition) is 1. The fourth-order valence-electron chi connectivity index (χ4n) is 3.26. The Balaban J connectivity index is 2.05. The van der Waals surface area contributed by atoms with Gasteiger partial charge in [0.1, 0.15) is 0 Å². The number of hydrogen-bond acceptors (Lipinski definition) is 4. The van der Waals surface area contributed by atoms with E-state index in [0.717, 1.165) is 30.6 Å². The predicted molar refractivity (Wildman–Crippen MR) is 68.3 cm³/mol. The molecule has 0 amide bonds. The molecule has 2 atom stereocenters. The second-order valence-corrected chi connectivity index (χ2v) is 5.12. The van der Waals surface area contributed by atoms with Gasteiger partial charge in [-0.25, -0.2) is 0 Å². The lowest BCUT2D eigenvalue weighted by atomic mass is 9.85. The predicted octanol–water partition coefficient (Wildman–Crippen LogP) is 1.82. The topological polar surface area (TPSA) is 83.7 Å². The normalized spacial score (nSPS) is 24.7. The SMILES string of the molecule is O=C(O)[C@@H]1Cc2cc([N+](=O)[O-])ccc2N2CCC[C@@H]12. The third kappa shape index (κ3) is 1.83. The average molecular weight is 262 g/mol. The summed E-state index contributed by atoms with van der Waals surface area (Å²) in [6, 6.07) is 4.80. The van der Waals surface area contributed by atoms with Gasteiger partial charge in [-0.05, 0) is 30.9 Å². The van der Waals surface area contributed by atoms with Gasteiger partial charge in [0.05, 0.1) is 10.8 Å². The zero-order chi connectivity index (χ0) is 13.6. The van der Waals surface area contributed by atoms with Crippen molar-refractivity contribution in [3.05, 3.63) is 33.9 Å². The number of anilines is 1. The van der Waals surface area contributed by atoms with Crippen molar-refractivity contribution in [2.75, 3.05) is 11.4 Å². The minimum absolute atomic E-state index is 0.0283. The van der Waals surface area contributed by atoms with Gasteiger partial charge in [-0.1, -0.05) is 0 Å². The number of nitrogens with zero attached hydrogens (tertiary/aromatic N) is 2. The van der Waals surface area contributed by atoms with Gasteiger partial charge in [0.2, 0.25) is 0 Å². The summed E-state index contributed by atoms with van der Waals surface area (Å²) in [6.45, 7) is 0.833. The maximum atomic E-state index is 11.4. The smallest absolute Gasteiger partial charge is 0.308 e. The molecule has 0 aliphatic carbocycles. The number of carboxylic acid groups (broad SMARTS) is 1. The quantitative estimate of drug-likeness (QED) is 0.649. The molecule has 1 saturated heterocycles. The van der Waals surface area contributed by atoms with Crippen LogP contribution in [0.5, 0.6) is 0 Å². The van der Waals surface area contributed by atoms with Crippen LogP contribution in [0.1, 0.15) is 18.4 Å². The number of carbonyl (C=O) groups is 1. The van der Waals surface area contributed by atoms with Gasteiger partial charge >= 0.3 is 5.97 Å². The highest BCUT2D eigenvalue weighted by molar-refractivity contribution is 5.75. The van der Waals surface area contributed by atoms with Crippen LogP contribution in [0.4, 0.5) is 11.4 Å². The lowest BCUT2D eigenvalue weighted by Gasteiger charge is -2.37. The zero-order valence-corrected chi connectivity index (χ0v) is 10.3. The van der Waals surface area contributed by atoms with E-state index >= 15 is 0 Å². The van der Waals surface area contributed by atoms with Gasteiger partial charge in [0.15, 0.2) is 0 Å². The fraction of sp³-hybridized carbons (Fsp3) is 0.462. The van der Waals surface area contributed by atoms with Crippen molar-refractivity contribution in [1.29, 1.82) is 0 Å². The molecule has 2 heterocycles. The second kappa shape index (κ2) is 4.22. The molecular weight excluding hydrogens is 248 g/mol. The molecule has 1 aromatic rings. The molecule has 0 bridgehead atoms. The van der Waals surface area contributed by atoms with Crippen molar-refractivity contribution in [2.24, 2.45) is 5.92 Å². The first-order chi connectivity index (χ1) is 9.08. The van der Waals surface area contributed by atoms with Crippen molar-refractivity contribution in [3.8, 4) is 0 Å². The summed E-state index contributed by atoms with van der Waals surface area (Å²) in [5.41, 5.74) is 1.77. The number of fused-ring (bicyclic) bond motifs is 3. The third-order valence-electron chi connectivity index (χ3n) is 4.10. The number of rotatable bonds is 2. The molecule has 0 unspecified atom stereocenters. The van der Waals surface area contributed by atoms with Crippen molar-refractivity contribution in [3.63, 3.8) is 0 Å². The number of carboxylic acids is 1. The maximum Gasteiger partial charge on any atom is 0.308 e. The van der Waals surface area contributed by atoms with E-state index in [1.807, 2.05) is 0 Å². The van der Waals surface area contributed by atoms with E-state index < -0.39 is 16.8 Å². The van der Waals surface area contributed by atoms with Crippen LogP contribution in [0.15, 0.2) is 18.2 Å². The zero-order valence-electron chi connectivity index (χ0n) is 10.3. The number of benzene rings is 1. The second-order valence-electron chi connectivity index (χ2n) is 5.12. The van der Waals surface area contributed by atoms with Gasteiger partial charge in [-0.15, -0.1) is 0 Å². The number of nitro groups is 1. The Bertz CT molecular complexity index is 558. The highest BCUT2D eigenvalue weighted by Crippen LogP contribution is 2.40. The van der Waals surface area contributed by atoms with Crippen molar-refractivity contribution in [2.45, 2.75) is 25.3 Å². The molecule has 2 aliphatic rings. The Labute approximate surface area is 109 Å². The van der Waals surface area contributed by atoms with Gasteiger partial charge in [0.25, 0.3) is 5.69 Å². The molecule has 1 N–H and O–H groups in total. The Hall–Kier alpha value is -2.11. The molecule has 100 valence electrons. The van der Waals surface area contributed by atoms with E-state index in [-0.39, 0.29) is 11.7 Å². The molecule has 1 aromatic carbocycles. The Morgan fingerprint density at radius 1 is 1.47 bits per heavy atom. The molecule has 1 fully saturated rings. The summed E-state index contributed by atoms with van der Waals surface area (Å²) in [4.78, 5) is 23.8. The maximum absolute atomic E-state index is 11.4. The Kier molecular flexibility index (Phi) is 2.66. The van der Waals surface area contributed by atoms with E-state index in [9.17, 15) is 20.0 Å². The van der Waals surface area contributed by atoms with Crippen LogP contribution in [-0.4, -0.2) is 28.6 Å². The van der Waals surface area contributed by atoms with E-state index in [4.69, 9.17) is 0 Å². The minimum atomic E-state index is -0.811. The van der Waals surface area contributed by atoms with Gasteiger partial charge in [-0.2, -0.15) is 0 Å². The highest BCUT2D eigenvalue weighted by atomic mass is 16.6. The Morgan fingerprint density at radius 3 is 2.95 bits per heavy atom. The van der Waals surface area contributed by atoms with E-state index in [1.165, 1.54) is 12.1 Å². The first kappa shape index (κ1) is 12.0. The van der Waals surface area contributed by atoms with Crippen LogP contribution in [0, 0.1) is 16.0 Å². The first-order valence-corrected chi connectivity index (χ1v) is 6.34. The highest BCUT2D eigenvalue weighted by Gasteiger charge is 2.41. The van der Waals surface area contributed by atoms with Gasteiger partial charge < -0.3 is 10.0 Å². The van der Waals surface area contributed by atoms with Crippen LogP contribution in [0.2, 0.25) is 0 Å². The van der Waals surface area contributed by atoms with Crippen LogP contribution in [0.25, 0.3) is 0 Å². The third-order valence-corrected chi connectivity index (χ3v) is 4.10. The average Bonchev–Trinajstić information content (AvgIpc) is 2.85. The molecule has 0 spiro atoms. The van der Waals surface area contributed by atoms with Crippen LogP contribution in [-0.2, 0) is 11.2 Å². The van der Waals surface area contributed by atoms with E-state index in [2.05, 4.69) is 4.90 Å². The fourth-order valence-corrected chi connectivity index (χ4v) is 3.26. The summed E-state index contributed by atoms with van der Waals surface area (Å²) >= 11 is 0. The van der Waals surface area contributed by atoms with Crippen molar-refractivity contribution >= 4 is 17.3 Å². The van der Waals surface area contributed by atoms with Crippen LogP contribution in [0.3, 0.4) is 0 Å². The standard InChI is InChI=1S/C13H14N2O4/c16-13(17)10-7-8-6-9(15(18)19)3-4-11(8)14-5-1-2-12(10)14/h3-4,6,10,12H,1-2,5,7H2,(H,16,17)/t10-,12+/m1/s1. The summed E-state index contributed by atoms with van der Waals surface area (Å²) in [7, 11) is 0. The summed E-state index contributed by atoms with van der Waals surface area (Å²) in [5, 5.41) is 20.1. The number of aliphatic carboxylic acids is 1. The lowest BCUT2D eigenvalue weighted by Crippen LogP contribution is -2.44. The first-order valence-electron chi connectivity index (χ1n) is 6.34. The molecule has 6 heteroatoms. The summed E-state index contributed by atoms with van der Waals surface area (Å²) in [5.74, 6) is -1.27. The Morgan fingerprint density at radius 2 is 2.26 bits per heavy atom. The van der Waals surface area contributed by atoms with E-state index in [0.29, 0.717) is 6.42 Å². The molecule has 19 heavy (non-hydrogen) atoms. The number of nitro benzene ring substituents is 1. The van der Waals surface area contributed by atoms with Gasteiger partial charge in [-0.3, -0.25) is 14.9 Å². The van der Waals surface area contributed by atoms with Crippen LogP contribution >= 0.6 is 0 Å². The molecule has 0 saturated carbocycles. The largest absolute Gasteiger partial charge is 0.481 e. The molecular formula is C13H14N2O4. The van der Waals surface area contributed by atoms with Crippen LogP contribution < -0.4 is 4.90 Å². The minimum Gasteiger partial charge on any atom is -0.481 e. The van der Waals surface area contributed by atoms with E-state index in [1.54, 1.807) is 6.07 Å². The van der Waals surface area contributed by atoms with Crippen molar-refractivity contribution < 1.29 is 14.8 Å². The molecule has 3 rings (SSSR count).